The van der Waals surface area contributed by atoms with Gasteiger partial charge in [0.2, 0.25) is 10.0 Å². The Morgan fingerprint density at radius 3 is 2.70 bits per heavy atom. The Bertz CT molecular complexity index is 712. The van der Waals surface area contributed by atoms with Gasteiger partial charge in [-0.1, -0.05) is 0 Å². The summed E-state index contributed by atoms with van der Waals surface area (Å²) in [5.41, 5.74) is -1.59. The van der Waals surface area contributed by atoms with Crippen LogP contribution in [0.3, 0.4) is 0 Å². The summed E-state index contributed by atoms with van der Waals surface area (Å²) >= 11 is 0. The second-order valence-electron chi connectivity index (χ2n) is 4.83. The number of aromatic nitrogens is 2. The number of aromatic amines is 2. The Hall–Kier alpha value is -1.16. The Kier molecular flexibility index (Phi) is 4.05. The van der Waals surface area contributed by atoms with E-state index in [0.717, 1.165) is 19.2 Å². The van der Waals surface area contributed by atoms with Crippen LogP contribution >= 0.6 is 12.4 Å². The number of nitrogens with zero attached hydrogens (tertiary/aromatic N) is 1. The van der Waals surface area contributed by atoms with Gasteiger partial charge in [0.05, 0.1) is 0 Å². The fourth-order valence-corrected chi connectivity index (χ4v) is 4.52. The van der Waals surface area contributed by atoms with Crippen molar-refractivity contribution in [3.63, 3.8) is 0 Å². The molecule has 0 amide bonds. The molecule has 10 heteroatoms. The molecule has 2 saturated heterocycles. The molecule has 112 valence electrons. The fraction of sp³-hybridized carbons (Fsp3) is 0.600. The predicted octanol–water partition coefficient (Wildman–Crippen LogP) is -1.53. The second-order valence-corrected chi connectivity index (χ2v) is 6.69. The molecule has 2 aliphatic rings. The Morgan fingerprint density at radius 2 is 2.00 bits per heavy atom. The van der Waals surface area contributed by atoms with Gasteiger partial charge in [0.15, 0.2) is 4.90 Å². The molecule has 0 unspecified atom stereocenters. The number of rotatable bonds is 2. The van der Waals surface area contributed by atoms with Gasteiger partial charge in [0.1, 0.15) is 0 Å². The van der Waals surface area contributed by atoms with E-state index in [2.05, 4.69) is 10.3 Å². The highest BCUT2D eigenvalue weighted by atomic mass is 35.5. The van der Waals surface area contributed by atoms with E-state index in [0.29, 0.717) is 19.0 Å². The molecular weight excluding hydrogens is 308 g/mol. The third kappa shape index (κ3) is 2.30. The lowest BCUT2D eigenvalue weighted by Gasteiger charge is -2.22. The van der Waals surface area contributed by atoms with Gasteiger partial charge in [0.25, 0.3) is 5.56 Å². The number of H-pyrrole nitrogens is 2. The number of fused-ring (bicyclic) bond motifs is 1. The number of sulfonamides is 1. The Morgan fingerprint density at radius 1 is 1.25 bits per heavy atom. The maximum Gasteiger partial charge on any atom is 0.325 e. The lowest BCUT2D eigenvalue weighted by Crippen LogP contribution is -2.41. The number of halogens is 1. The zero-order valence-electron chi connectivity index (χ0n) is 10.5. The first kappa shape index (κ1) is 15.2. The molecule has 3 N–H and O–H groups in total. The average Bonchev–Trinajstić information content (AvgIpc) is 2.88. The zero-order chi connectivity index (χ0) is 13.6. The largest absolute Gasteiger partial charge is 0.325 e. The van der Waals surface area contributed by atoms with Crippen LogP contribution in [0.4, 0.5) is 0 Å². The molecule has 3 heterocycles. The van der Waals surface area contributed by atoms with Gasteiger partial charge in [-0.2, -0.15) is 4.31 Å². The molecular formula is C10H15ClN4O4S. The molecule has 2 atom stereocenters. The maximum atomic E-state index is 12.5. The summed E-state index contributed by atoms with van der Waals surface area (Å²) in [6.45, 7) is 1.82. The van der Waals surface area contributed by atoms with E-state index in [9.17, 15) is 18.0 Å². The highest BCUT2D eigenvalue weighted by molar-refractivity contribution is 7.89. The van der Waals surface area contributed by atoms with Crippen molar-refractivity contribution >= 4 is 22.4 Å². The lowest BCUT2D eigenvalue weighted by molar-refractivity contribution is 0.382. The van der Waals surface area contributed by atoms with Crippen molar-refractivity contribution in [2.45, 2.75) is 17.4 Å². The monoisotopic (exact) mass is 322 g/mol. The average molecular weight is 323 g/mol. The molecule has 0 saturated carbocycles. The van der Waals surface area contributed by atoms with Crippen molar-refractivity contribution in [3.05, 3.63) is 27.0 Å². The number of hydrogen-bond acceptors (Lipinski definition) is 5. The van der Waals surface area contributed by atoms with Crippen LogP contribution in [-0.2, 0) is 10.0 Å². The summed E-state index contributed by atoms with van der Waals surface area (Å²) in [6, 6.07) is -0.101. The number of hydrogen-bond donors (Lipinski definition) is 3. The molecule has 0 bridgehead atoms. The molecule has 0 radical (unpaired) electrons. The van der Waals surface area contributed by atoms with Crippen LogP contribution in [0.1, 0.15) is 6.42 Å². The Balaban J connectivity index is 0.00000147. The van der Waals surface area contributed by atoms with Gasteiger partial charge in [0, 0.05) is 25.3 Å². The summed E-state index contributed by atoms with van der Waals surface area (Å²) in [5, 5.41) is 3.15. The van der Waals surface area contributed by atoms with Crippen molar-refractivity contribution < 1.29 is 8.42 Å². The van der Waals surface area contributed by atoms with E-state index in [1.807, 2.05) is 4.98 Å². The van der Waals surface area contributed by atoms with E-state index < -0.39 is 26.2 Å². The van der Waals surface area contributed by atoms with E-state index in [1.165, 1.54) is 4.31 Å². The quantitative estimate of drug-likeness (QED) is 0.611. The Labute approximate surface area is 121 Å². The summed E-state index contributed by atoms with van der Waals surface area (Å²) in [5.74, 6) is 0.302. The normalized spacial score (nSPS) is 26.2. The first-order valence-electron chi connectivity index (χ1n) is 6.05. The first-order chi connectivity index (χ1) is 9.00. The first-order valence-corrected chi connectivity index (χ1v) is 7.49. The van der Waals surface area contributed by atoms with Crippen molar-refractivity contribution in [2.24, 2.45) is 5.92 Å². The van der Waals surface area contributed by atoms with Crippen molar-refractivity contribution in [1.29, 1.82) is 0 Å². The molecule has 2 aliphatic heterocycles. The second kappa shape index (κ2) is 5.32. The summed E-state index contributed by atoms with van der Waals surface area (Å²) in [4.78, 5) is 26.3. The van der Waals surface area contributed by atoms with Crippen LogP contribution in [-0.4, -0.2) is 48.4 Å². The van der Waals surface area contributed by atoms with Crippen LogP contribution in [0.5, 0.6) is 0 Å². The molecule has 1 aromatic rings. The molecule has 0 aliphatic carbocycles. The molecule has 20 heavy (non-hydrogen) atoms. The summed E-state index contributed by atoms with van der Waals surface area (Å²) in [6.07, 6.45) is 1.75. The SMILES string of the molecule is Cl.O=c1[nH]cc(S(=O)(=O)N2CC[C@H]3CNC[C@H]32)c(=O)[nH]1. The van der Waals surface area contributed by atoms with Gasteiger partial charge in [-0.25, -0.2) is 13.2 Å². The minimum absolute atomic E-state index is 0. The van der Waals surface area contributed by atoms with E-state index in [-0.39, 0.29) is 18.4 Å². The smallest absolute Gasteiger partial charge is 0.315 e. The third-order valence-corrected chi connectivity index (χ3v) is 5.70. The van der Waals surface area contributed by atoms with Gasteiger partial charge >= 0.3 is 5.69 Å². The molecule has 2 fully saturated rings. The van der Waals surface area contributed by atoms with E-state index >= 15 is 0 Å². The van der Waals surface area contributed by atoms with Gasteiger partial charge < -0.3 is 10.3 Å². The summed E-state index contributed by atoms with van der Waals surface area (Å²) < 4.78 is 26.3. The summed E-state index contributed by atoms with van der Waals surface area (Å²) in [7, 11) is -3.86. The zero-order valence-corrected chi connectivity index (χ0v) is 12.1. The molecule has 0 aromatic carbocycles. The minimum Gasteiger partial charge on any atom is -0.315 e. The molecule has 1 aromatic heterocycles. The van der Waals surface area contributed by atoms with Gasteiger partial charge in [-0.3, -0.25) is 9.78 Å². The number of nitrogens with one attached hydrogen (secondary N) is 3. The molecule has 8 nitrogen and oxygen atoms in total. The van der Waals surface area contributed by atoms with Gasteiger partial charge in [-0.05, 0) is 18.9 Å². The van der Waals surface area contributed by atoms with Crippen LogP contribution in [0.15, 0.2) is 20.7 Å². The van der Waals surface area contributed by atoms with E-state index in [1.54, 1.807) is 0 Å². The van der Waals surface area contributed by atoms with Crippen molar-refractivity contribution in [3.8, 4) is 0 Å². The van der Waals surface area contributed by atoms with Crippen LogP contribution in [0.2, 0.25) is 0 Å². The molecule has 0 spiro atoms. The van der Waals surface area contributed by atoms with Crippen molar-refractivity contribution in [1.82, 2.24) is 19.6 Å². The topological polar surface area (TPSA) is 115 Å². The molecule has 3 rings (SSSR count). The van der Waals surface area contributed by atoms with E-state index in [4.69, 9.17) is 0 Å². The maximum absolute atomic E-state index is 12.5. The van der Waals surface area contributed by atoms with Crippen molar-refractivity contribution in [2.75, 3.05) is 19.6 Å². The highest BCUT2D eigenvalue weighted by Gasteiger charge is 2.44. The standard InChI is InChI=1S/C10H14N4O4S.ClH/c15-9-8(5-12-10(16)13-9)19(17,18)14-2-1-6-3-11-4-7(6)14;/h5-7,11H,1-4H2,(H2,12,13,15,16);1H/t6-,7+;/m0./s1. The van der Waals surface area contributed by atoms with Gasteiger partial charge in [-0.15, -0.1) is 12.4 Å². The predicted molar refractivity (Wildman–Crippen MR) is 73.6 cm³/mol. The highest BCUT2D eigenvalue weighted by Crippen LogP contribution is 2.31. The minimum atomic E-state index is -3.86. The van der Waals surface area contributed by atoms with Crippen LogP contribution in [0, 0.1) is 5.92 Å². The van der Waals surface area contributed by atoms with Crippen LogP contribution in [0.25, 0.3) is 0 Å². The fourth-order valence-electron chi connectivity index (χ4n) is 2.82. The van der Waals surface area contributed by atoms with Crippen LogP contribution < -0.4 is 16.6 Å². The third-order valence-electron chi connectivity index (χ3n) is 3.77. The lowest BCUT2D eigenvalue weighted by atomic mass is 10.1.